The molecule has 1 unspecified atom stereocenters. The van der Waals surface area contributed by atoms with Crippen LogP contribution in [-0.4, -0.2) is 19.1 Å². The van der Waals surface area contributed by atoms with Crippen LogP contribution >= 0.6 is 0 Å². The average molecular weight is 384 g/mol. The van der Waals surface area contributed by atoms with Gasteiger partial charge in [0.15, 0.2) is 0 Å². The molecular formula is C24H33BF2N. The largest absolute Gasteiger partial charge is 0.394 e. The molecule has 1 aliphatic heterocycles. The number of rotatable bonds is 10. The number of alkyl halides is 2. The SMILES string of the molecule is C=C(CC(C)(F)F)NC1[B]Cc2c(cccc2C(=C)CCCC(=C)C(C)C)C1. The molecule has 0 saturated carbocycles. The number of fused-ring (bicyclic) bond motifs is 1. The molecule has 1 atom stereocenters. The maximum atomic E-state index is 13.2. The van der Waals surface area contributed by atoms with E-state index < -0.39 is 5.92 Å². The summed E-state index contributed by atoms with van der Waals surface area (Å²) in [5, 5.41) is 3.16. The molecule has 4 heteroatoms. The van der Waals surface area contributed by atoms with Crippen LogP contribution in [0, 0.1) is 5.92 Å². The van der Waals surface area contributed by atoms with Crippen LogP contribution in [-0.2, 0) is 12.7 Å². The van der Waals surface area contributed by atoms with E-state index in [1.807, 2.05) is 0 Å². The maximum Gasteiger partial charge on any atom is 0.250 e. The highest BCUT2D eigenvalue weighted by Gasteiger charge is 2.26. The number of hydrogen-bond acceptors (Lipinski definition) is 1. The van der Waals surface area contributed by atoms with Crippen molar-refractivity contribution in [3.05, 3.63) is 65.9 Å². The van der Waals surface area contributed by atoms with Crippen LogP contribution in [0.4, 0.5) is 8.78 Å². The molecule has 0 aliphatic carbocycles. The van der Waals surface area contributed by atoms with E-state index in [-0.39, 0.29) is 12.4 Å². The second-order valence-electron chi connectivity index (χ2n) is 8.46. The van der Waals surface area contributed by atoms with Gasteiger partial charge in [-0.05, 0) is 66.7 Å². The third-order valence-corrected chi connectivity index (χ3v) is 5.41. The van der Waals surface area contributed by atoms with Gasteiger partial charge in [-0.1, -0.05) is 63.7 Å². The summed E-state index contributed by atoms with van der Waals surface area (Å²) in [6.07, 6.45) is 4.34. The van der Waals surface area contributed by atoms with Crippen LogP contribution in [0.2, 0.25) is 0 Å². The monoisotopic (exact) mass is 384 g/mol. The molecule has 0 amide bonds. The van der Waals surface area contributed by atoms with Gasteiger partial charge in [0.25, 0.3) is 5.92 Å². The third kappa shape index (κ3) is 6.65. The Kier molecular flexibility index (Phi) is 7.68. The Hall–Kier alpha value is -1.84. The maximum absolute atomic E-state index is 13.2. The fourth-order valence-corrected chi connectivity index (χ4v) is 3.73. The molecule has 1 aliphatic rings. The molecule has 2 rings (SSSR count). The standard InChI is InChI=1S/C24H33BF2N/c1-16(2)17(3)9-7-10-18(4)21-12-8-11-20-13-23(25-15-22(20)21)28-19(5)14-24(6,26)27/h8,11-12,16,23,28H,3-5,7,9-10,13-15H2,1-2,6H3. The van der Waals surface area contributed by atoms with Gasteiger partial charge < -0.3 is 5.32 Å². The van der Waals surface area contributed by atoms with Gasteiger partial charge in [0.05, 0.1) is 6.42 Å². The number of nitrogens with one attached hydrogen (secondary N) is 1. The molecule has 1 N–H and O–H groups in total. The highest BCUT2D eigenvalue weighted by Crippen LogP contribution is 2.30. The van der Waals surface area contributed by atoms with E-state index in [9.17, 15) is 8.78 Å². The summed E-state index contributed by atoms with van der Waals surface area (Å²) < 4.78 is 26.4. The van der Waals surface area contributed by atoms with E-state index in [0.29, 0.717) is 11.6 Å². The van der Waals surface area contributed by atoms with Gasteiger partial charge in [-0.25, -0.2) is 8.78 Å². The fourth-order valence-electron chi connectivity index (χ4n) is 3.73. The van der Waals surface area contributed by atoms with E-state index in [2.05, 4.69) is 64.4 Å². The van der Waals surface area contributed by atoms with Gasteiger partial charge >= 0.3 is 0 Å². The zero-order valence-corrected chi connectivity index (χ0v) is 17.6. The summed E-state index contributed by atoms with van der Waals surface area (Å²) >= 11 is 0. The highest BCUT2D eigenvalue weighted by atomic mass is 19.3. The average Bonchev–Trinajstić information content (AvgIpc) is 2.58. The van der Waals surface area contributed by atoms with Crippen molar-refractivity contribution in [3.8, 4) is 0 Å². The zero-order valence-electron chi connectivity index (χ0n) is 17.6. The summed E-state index contributed by atoms with van der Waals surface area (Å²) in [5.74, 6) is -2.16. The Morgan fingerprint density at radius 1 is 1.25 bits per heavy atom. The van der Waals surface area contributed by atoms with Gasteiger partial charge in [-0.2, -0.15) is 0 Å². The Bertz CT molecular complexity index is 731. The molecule has 1 heterocycles. The first-order valence-corrected chi connectivity index (χ1v) is 10.2. The number of benzene rings is 1. The quantitative estimate of drug-likeness (QED) is 0.368. The minimum Gasteiger partial charge on any atom is -0.394 e. The first kappa shape index (κ1) is 22.5. The Balaban J connectivity index is 1.97. The predicted molar refractivity (Wildman–Crippen MR) is 118 cm³/mol. The van der Waals surface area contributed by atoms with Crippen LogP contribution in [0.1, 0.15) is 63.1 Å². The van der Waals surface area contributed by atoms with Crippen molar-refractivity contribution < 1.29 is 8.78 Å². The first-order chi connectivity index (χ1) is 13.1. The molecule has 151 valence electrons. The summed E-state index contributed by atoms with van der Waals surface area (Å²) in [6.45, 7) is 17.5. The van der Waals surface area contributed by atoms with Crippen LogP contribution < -0.4 is 5.32 Å². The molecule has 0 bridgehead atoms. The Morgan fingerprint density at radius 3 is 2.61 bits per heavy atom. The van der Waals surface area contributed by atoms with E-state index >= 15 is 0 Å². The van der Waals surface area contributed by atoms with Crippen LogP contribution in [0.3, 0.4) is 0 Å². The van der Waals surface area contributed by atoms with Gasteiger partial charge in [-0.15, -0.1) is 0 Å². The third-order valence-electron chi connectivity index (χ3n) is 5.41. The second-order valence-corrected chi connectivity index (χ2v) is 8.46. The molecular weight excluding hydrogens is 351 g/mol. The molecule has 0 fully saturated rings. The molecule has 0 aromatic heterocycles. The van der Waals surface area contributed by atoms with E-state index in [1.54, 1.807) is 0 Å². The van der Waals surface area contributed by atoms with Gasteiger partial charge in [0.1, 0.15) is 7.28 Å². The molecule has 0 saturated heterocycles. The Labute approximate surface area is 170 Å². The van der Waals surface area contributed by atoms with Gasteiger partial charge in [-0.3, -0.25) is 0 Å². The van der Waals surface area contributed by atoms with Crippen LogP contribution in [0.5, 0.6) is 0 Å². The lowest BCUT2D eigenvalue weighted by atomic mass is 9.57. The smallest absolute Gasteiger partial charge is 0.250 e. The van der Waals surface area contributed by atoms with Crippen molar-refractivity contribution in [2.24, 2.45) is 5.92 Å². The van der Waals surface area contributed by atoms with E-state index in [1.165, 1.54) is 27.8 Å². The molecule has 28 heavy (non-hydrogen) atoms. The predicted octanol–water partition coefficient (Wildman–Crippen LogP) is 6.32. The van der Waals surface area contributed by atoms with E-state index in [0.717, 1.165) is 38.9 Å². The highest BCUT2D eigenvalue weighted by molar-refractivity contribution is 6.38. The second kappa shape index (κ2) is 9.58. The zero-order chi connectivity index (χ0) is 20.9. The van der Waals surface area contributed by atoms with Gasteiger partial charge in [0.2, 0.25) is 0 Å². The van der Waals surface area contributed by atoms with Crippen LogP contribution in [0.15, 0.2) is 49.2 Å². The van der Waals surface area contributed by atoms with Crippen molar-refractivity contribution >= 4 is 12.9 Å². The number of halogens is 2. The Morgan fingerprint density at radius 2 is 1.96 bits per heavy atom. The van der Waals surface area contributed by atoms with Crippen molar-refractivity contribution in [3.63, 3.8) is 0 Å². The molecule has 1 aromatic carbocycles. The van der Waals surface area contributed by atoms with Crippen molar-refractivity contribution in [1.82, 2.24) is 5.32 Å². The van der Waals surface area contributed by atoms with Crippen molar-refractivity contribution in [2.45, 2.75) is 71.1 Å². The lowest BCUT2D eigenvalue weighted by Gasteiger charge is -2.29. The van der Waals surface area contributed by atoms with Gasteiger partial charge in [0, 0.05) is 5.70 Å². The number of hydrogen-bond donors (Lipinski definition) is 1. The fraction of sp³-hybridized carbons (Fsp3) is 0.500. The summed E-state index contributed by atoms with van der Waals surface area (Å²) in [7, 11) is 2.17. The molecule has 1 nitrogen and oxygen atoms in total. The van der Waals surface area contributed by atoms with Crippen LogP contribution in [0.25, 0.3) is 5.57 Å². The topological polar surface area (TPSA) is 12.0 Å². The lowest BCUT2D eigenvalue weighted by molar-refractivity contribution is 0.0211. The minimum absolute atomic E-state index is 0.0419. The minimum atomic E-state index is -2.73. The lowest BCUT2D eigenvalue weighted by Crippen LogP contribution is -2.41. The van der Waals surface area contributed by atoms with Crippen molar-refractivity contribution in [1.29, 1.82) is 0 Å². The molecule has 1 radical (unpaired) electrons. The van der Waals surface area contributed by atoms with Crippen molar-refractivity contribution in [2.75, 3.05) is 0 Å². The van der Waals surface area contributed by atoms with E-state index in [4.69, 9.17) is 0 Å². The summed E-state index contributed by atoms with van der Waals surface area (Å²) in [6, 6.07) is 6.35. The normalized spacial score (nSPS) is 16.3. The molecule has 1 aromatic rings. The molecule has 0 spiro atoms. The summed E-state index contributed by atoms with van der Waals surface area (Å²) in [5.41, 5.74) is 6.68. The first-order valence-electron chi connectivity index (χ1n) is 10.2. The summed E-state index contributed by atoms with van der Waals surface area (Å²) in [4.78, 5) is 0. The number of allylic oxidation sites excluding steroid dienone is 3.